The lowest BCUT2D eigenvalue weighted by atomic mass is 10.0. The first-order valence-corrected chi connectivity index (χ1v) is 7.97. The summed E-state index contributed by atoms with van der Waals surface area (Å²) in [5.74, 6) is -0.0148. The summed E-state index contributed by atoms with van der Waals surface area (Å²) in [6.45, 7) is 2.15. The highest BCUT2D eigenvalue weighted by Gasteiger charge is 2.19. The van der Waals surface area contributed by atoms with Gasteiger partial charge in [0.25, 0.3) is 0 Å². The van der Waals surface area contributed by atoms with E-state index in [0.717, 1.165) is 51.4 Å². The van der Waals surface area contributed by atoms with Crippen molar-refractivity contribution in [1.29, 1.82) is 0 Å². The van der Waals surface area contributed by atoms with Crippen LogP contribution in [0.15, 0.2) is 36.5 Å². The van der Waals surface area contributed by atoms with Crippen molar-refractivity contribution in [2.75, 3.05) is 0 Å². The van der Waals surface area contributed by atoms with Crippen LogP contribution in [0, 0.1) is 0 Å². The van der Waals surface area contributed by atoms with E-state index in [9.17, 15) is 4.79 Å². The fourth-order valence-corrected chi connectivity index (χ4v) is 2.27. The van der Waals surface area contributed by atoms with Gasteiger partial charge in [-0.05, 0) is 51.4 Å². The molecule has 1 heterocycles. The monoisotopic (exact) mass is 276 g/mol. The van der Waals surface area contributed by atoms with Crippen molar-refractivity contribution in [2.24, 2.45) is 0 Å². The lowest BCUT2D eigenvalue weighted by Crippen LogP contribution is -2.23. The van der Waals surface area contributed by atoms with Crippen molar-refractivity contribution < 1.29 is 9.53 Å². The summed E-state index contributed by atoms with van der Waals surface area (Å²) in [4.78, 5) is 11.1. The predicted molar refractivity (Wildman–Crippen MR) is 84.5 cm³/mol. The van der Waals surface area contributed by atoms with E-state index >= 15 is 0 Å². The Morgan fingerprint density at radius 1 is 1.10 bits per heavy atom. The lowest BCUT2D eigenvalue weighted by Gasteiger charge is -2.21. The number of carbonyl (C=O) groups is 1. The average Bonchev–Trinajstić information content (AvgIpc) is 2.45. The number of esters is 1. The van der Waals surface area contributed by atoms with Crippen LogP contribution in [0.3, 0.4) is 0 Å². The molecule has 0 spiro atoms. The van der Waals surface area contributed by atoms with Gasteiger partial charge < -0.3 is 4.74 Å². The van der Waals surface area contributed by atoms with Gasteiger partial charge in [-0.3, -0.25) is 4.79 Å². The van der Waals surface area contributed by atoms with Crippen molar-refractivity contribution in [3.8, 4) is 0 Å². The molecule has 1 unspecified atom stereocenters. The number of unbranched alkanes of at least 4 members (excludes halogenated alkanes) is 1. The van der Waals surface area contributed by atoms with E-state index in [4.69, 9.17) is 4.74 Å². The van der Waals surface area contributed by atoms with E-state index in [1.807, 2.05) is 0 Å². The van der Waals surface area contributed by atoms with Gasteiger partial charge in [0.1, 0.15) is 6.10 Å². The van der Waals surface area contributed by atoms with E-state index in [1.54, 1.807) is 0 Å². The van der Waals surface area contributed by atoms with Crippen LogP contribution in [-0.4, -0.2) is 12.1 Å². The molecule has 0 amide bonds. The number of ether oxygens (including phenoxy) is 1. The zero-order valence-electron chi connectivity index (χ0n) is 12.7. The Bertz CT molecular complexity index is 339. The number of carbonyl (C=O) groups excluding carboxylic acids is 1. The highest BCUT2D eigenvalue weighted by atomic mass is 16.5. The van der Waals surface area contributed by atoms with Crippen LogP contribution in [0.5, 0.6) is 0 Å². The Kier molecular flexibility index (Phi) is 9.64. The maximum absolute atomic E-state index is 11.1. The Hall–Kier alpha value is -1.31. The minimum atomic E-state index is -0.0148. The van der Waals surface area contributed by atoms with E-state index in [1.165, 1.54) is 0 Å². The second-order valence-corrected chi connectivity index (χ2v) is 5.23. The highest BCUT2D eigenvalue weighted by molar-refractivity contribution is 5.70. The van der Waals surface area contributed by atoms with Gasteiger partial charge in [-0.1, -0.05) is 43.4 Å². The zero-order chi connectivity index (χ0) is 14.5. The van der Waals surface area contributed by atoms with Crippen molar-refractivity contribution in [1.82, 2.24) is 0 Å². The molecule has 1 aliphatic heterocycles. The molecule has 2 nitrogen and oxygen atoms in total. The van der Waals surface area contributed by atoms with Gasteiger partial charge >= 0.3 is 5.97 Å². The Morgan fingerprint density at radius 2 is 1.80 bits per heavy atom. The third-order valence-electron chi connectivity index (χ3n) is 3.38. The summed E-state index contributed by atoms with van der Waals surface area (Å²) in [5, 5.41) is 0. The van der Waals surface area contributed by atoms with Gasteiger partial charge in [-0.15, -0.1) is 0 Å². The molecule has 0 aromatic rings. The molecule has 1 saturated heterocycles. The van der Waals surface area contributed by atoms with E-state index in [0.29, 0.717) is 6.42 Å². The van der Waals surface area contributed by atoms with Gasteiger partial charge in [-0.25, -0.2) is 0 Å². The van der Waals surface area contributed by atoms with Gasteiger partial charge in [0.2, 0.25) is 0 Å². The van der Waals surface area contributed by atoms with Crippen molar-refractivity contribution >= 4 is 5.97 Å². The van der Waals surface area contributed by atoms with Crippen LogP contribution >= 0.6 is 0 Å². The third-order valence-corrected chi connectivity index (χ3v) is 3.38. The molecule has 2 heteroatoms. The van der Waals surface area contributed by atoms with Crippen LogP contribution in [0.25, 0.3) is 0 Å². The molecule has 1 fully saturated rings. The quantitative estimate of drug-likeness (QED) is 0.332. The summed E-state index contributed by atoms with van der Waals surface area (Å²) in [7, 11) is 0. The Balaban J connectivity index is 1.96. The molecule has 112 valence electrons. The highest BCUT2D eigenvalue weighted by Crippen LogP contribution is 2.18. The third kappa shape index (κ3) is 8.73. The molecule has 20 heavy (non-hydrogen) atoms. The largest absolute Gasteiger partial charge is 0.462 e. The Labute approximate surface area is 123 Å². The molecule has 0 radical (unpaired) electrons. The van der Waals surface area contributed by atoms with Gasteiger partial charge in [-0.2, -0.15) is 0 Å². The molecule has 0 saturated carbocycles. The number of cyclic esters (lactones) is 1. The van der Waals surface area contributed by atoms with E-state index in [2.05, 4.69) is 43.4 Å². The lowest BCUT2D eigenvalue weighted by molar-refractivity contribution is -0.154. The molecule has 0 aromatic carbocycles. The van der Waals surface area contributed by atoms with Crippen LogP contribution in [0.2, 0.25) is 0 Å². The number of rotatable bonds is 9. The van der Waals surface area contributed by atoms with Crippen LogP contribution in [0.4, 0.5) is 0 Å². The van der Waals surface area contributed by atoms with E-state index < -0.39 is 0 Å². The average molecular weight is 276 g/mol. The smallest absolute Gasteiger partial charge is 0.306 e. The molecule has 0 N–H and O–H groups in total. The fourth-order valence-electron chi connectivity index (χ4n) is 2.27. The van der Waals surface area contributed by atoms with Crippen molar-refractivity contribution in [2.45, 2.75) is 70.8 Å². The van der Waals surface area contributed by atoms with E-state index in [-0.39, 0.29) is 12.1 Å². The molecule has 0 aliphatic carbocycles. The summed E-state index contributed by atoms with van der Waals surface area (Å²) in [5.41, 5.74) is 0. The number of hydrogen-bond acceptors (Lipinski definition) is 2. The van der Waals surface area contributed by atoms with Crippen molar-refractivity contribution in [3.05, 3.63) is 36.5 Å². The first kappa shape index (κ1) is 16.7. The second-order valence-electron chi connectivity index (χ2n) is 5.23. The van der Waals surface area contributed by atoms with Gasteiger partial charge in [0.05, 0.1) is 0 Å². The molecule has 1 rings (SSSR count). The molecule has 1 aliphatic rings. The molecular weight excluding hydrogens is 248 g/mol. The molecule has 0 aromatic heterocycles. The van der Waals surface area contributed by atoms with Crippen LogP contribution < -0.4 is 0 Å². The van der Waals surface area contributed by atoms with Crippen LogP contribution in [0.1, 0.15) is 64.7 Å². The Morgan fingerprint density at radius 3 is 2.50 bits per heavy atom. The molecular formula is C18H28O2. The van der Waals surface area contributed by atoms with Gasteiger partial charge in [0.15, 0.2) is 0 Å². The summed E-state index contributed by atoms with van der Waals surface area (Å²) >= 11 is 0. The van der Waals surface area contributed by atoms with Crippen molar-refractivity contribution in [3.63, 3.8) is 0 Å². The number of hydrogen-bond donors (Lipinski definition) is 0. The fraction of sp³-hybridized carbons (Fsp3) is 0.611. The minimum absolute atomic E-state index is 0.0148. The maximum Gasteiger partial charge on any atom is 0.306 e. The minimum Gasteiger partial charge on any atom is -0.462 e. The first-order chi connectivity index (χ1) is 9.83. The second kappa shape index (κ2) is 11.5. The SMILES string of the molecule is CC/C=C\C/C=C\C/C=C\CCCC1CCCC(=O)O1. The first-order valence-electron chi connectivity index (χ1n) is 7.97. The summed E-state index contributed by atoms with van der Waals surface area (Å²) in [6.07, 6.45) is 22.4. The standard InChI is InChI=1S/C18H28O2/c1-2-3-4-5-6-7-8-9-10-11-12-14-17-15-13-16-18(19)20-17/h3-4,6-7,9-10,17H,2,5,8,11-16H2,1H3/b4-3-,7-6-,10-9-. The van der Waals surface area contributed by atoms with Crippen LogP contribution in [-0.2, 0) is 9.53 Å². The normalized spacial score (nSPS) is 20.2. The predicted octanol–water partition coefficient (Wildman–Crippen LogP) is 5.11. The number of allylic oxidation sites excluding steroid dienone is 6. The molecule has 0 bridgehead atoms. The maximum atomic E-state index is 11.1. The summed E-state index contributed by atoms with van der Waals surface area (Å²) < 4.78 is 5.30. The van der Waals surface area contributed by atoms with Gasteiger partial charge in [0, 0.05) is 6.42 Å². The zero-order valence-corrected chi connectivity index (χ0v) is 12.7. The summed E-state index contributed by atoms with van der Waals surface area (Å²) in [6, 6.07) is 0. The topological polar surface area (TPSA) is 26.3 Å². The molecule has 1 atom stereocenters.